The summed E-state index contributed by atoms with van der Waals surface area (Å²) < 4.78 is 0. The van der Waals surface area contributed by atoms with Crippen LogP contribution in [0, 0.1) is 0 Å². The van der Waals surface area contributed by atoms with E-state index in [0.717, 1.165) is 5.56 Å². The Hall–Kier alpha value is -2.11. The monoisotopic (exact) mass is 339 g/mol. The Morgan fingerprint density at radius 1 is 1.09 bits per heavy atom. The van der Waals surface area contributed by atoms with Crippen molar-refractivity contribution in [2.45, 2.75) is 13.1 Å². The number of aromatic hydroxyl groups is 2. The summed E-state index contributed by atoms with van der Waals surface area (Å²) in [5.74, 6) is -1.54. The van der Waals surface area contributed by atoms with Crippen molar-refractivity contribution in [1.82, 2.24) is 0 Å². The molecular weight excluding hydrogens is 329 g/mol. The molecule has 2 aromatic carbocycles. The first-order valence-corrected chi connectivity index (χ1v) is 7.14. The van der Waals surface area contributed by atoms with Gasteiger partial charge < -0.3 is 20.2 Å². The Balaban J connectivity index is 2.02. The molecular formula is C15H11Cl2NO4. The highest BCUT2D eigenvalue weighted by atomic mass is 35.5. The lowest BCUT2D eigenvalue weighted by Crippen LogP contribution is -2.14. The third-order valence-electron chi connectivity index (χ3n) is 3.67. The number of carbonyl (C=O) groups is 1. The quantitative estimate of drug-likeness (QED) is 0.778. The molecule has 0 saturated heterocycles. The minimum absolute atomic E-state index is 0.100. The van der Waals surface area contributed by atoms with Crippen LogP contribution in [0.3, 0.4) is 0 Å². The lowest BCUT2D eigenvalue weighted by Gasteiger charge is -2.20. The number of carboxylic acid groups (broad SMARTS) is 1. The lowest BCUT2D eigenvalue weighted by atomic mass is 10.0. The van der Waals surface area contributed by atoms with Crippen LogP contribution in [-0.2, 0) is 13.1 Å². The molecule has 0 radical (unpaired) electrons. The first-order chi connectivity index (χ1) is 10.4. The van der Waals surface area contributed by atoms with Gasteiger partial charge in [-0.3, -0.25) is 0 Å². The van der Waals surface area contributed by atoms with Crippen molar-refractivity contribution in [3.05, 3.63) is 51.0 Å². The third kappa shape index (κ3) is 2.32. The number of benzene rings is 2. The van der Waals surface area contributed by atoms with Crippen molar-refractivity contribution in [1.29, 1.82) is 0 Å². The van der Waals surface area contributed by atoms with Gasteiger partial charge in [0.2, 0.25) is 0 Å². The summed E-state index contributed by atoms with van der Waals surface area (Å²) in [7, 11) is 0. The minimum atomic E-state index is -1.19. The molecule has 114 valence electrons. The van der Waals surface area contributed by atoms with Crippen molar-refractivity contribution in [3.63, 3.8) is 0 Å². The van der Waals surface area contributed by atoms with Gasteiger partial charge in [0.25, 0.3) is 0 Å². The maximum atomic E-state index is 11.1. The van der Waals surface area contributed by atoms with Gasteiger partial charge in [0, 0.05) is 23.7 Å². The van der Waals surface area contributed by atoms with E-state index >= 15 is 0 Å². The van der Waals surface area contributed by atoms with Crippen molar-refractivity contribution in [2.75, 3.05) is 4.90 Å². The summed E-state index contributed by atoms with van der Waals surface area (Å²) in [6.07, 6.45) is 0. The van der Waals surface area contributed by atoms with Crippen LogP contribution in [0.1, 0.15) is 21.5 Å². The van der Waals surface area contributed by atoms with E-state index in [9.17, 15) is 15.0 Å². The summed E-state index contributed by atoms with van der Waals surface area (Å²) in [5, 5.41) is 29.7. The third-order valence-corrected chi connectivity index (χ3v) is 4.18. The first-order valence-electron chi connectivity index (χ1n) is 6.38. The standard InChI is InChI=1S/C15H11Cl2NO4/c16-8-3-11(17)14(20)12(4-8)18-5-7-1-2-9(15(21)22)13(19)10(7)6-18/h1-4,19-20H,5-6H2,(H,21,22). The zero-order valence-corrected chi connectivity index (χ0v) is 12.7. The molecule has 1 aliphatic rings. The summed E-state index contributed by atoms with van der Waals surface area (Å²) in [6, 6.07) is 6.03. The Morgan fingerprint density at radius 2 is 1.82 bits per heavy atom. The van der Waals surface area contributed by atoms with Gasteiger partial charge in [-0.05, 0) is 23.8 Å². The fraction of sp³-hybridized carbons (Fsp3) is 0.133. The second-order valence-corrected chi connectivity index (χ2v) is 5.86. The Bertz CT molecular complexity index is 792. The highest BCUT2D eigenvalue weighted by Crippen LogP contribution is 2.42. The number of halogens is 2. The van der Waals surface area contributed by atoms with Gasteiger partial charge in [-0.25, -0.2) is 4.79 Å². The number of aromatic carboxylic acids is 1. The van der Waals surface area contributed by atoms with Crippen LogP contribution in [0.4, 0.5) is 5.69 Å². The predicted molar refractivity (Wildman–Crippen MR) is 83.1 cm³/mol. The van der Waals surface area contributed by atoms with Gasteiger partial charge in [0.1, 0.15) is 11.3 Å². The molecule has 1 aliphatic heterocycles. The number of hydrogen-bond donors (Lipinski definition) is 3. The van der Waals surface area contributed by atoms with E-state index in [4.69, 9.17) is 28.3 Å². The molecule has 0 amide bonds. The maximum absolute atomic E-state index is 11.1. The van der Waals surface area contributed by atoms with Gasteiger partial charge >= 0.3 is 5.97 Å². The molecule has 22 heavy (non-hydrogen) atoms. The van der Waals surface area contributed by atoms with Crippen LogP contribution in [0.2, 0.25) is 10.0 Å². The van der Waals surface area contributed by atoms with E-state index in [1.165, 1.54) is 12.1 Å². The summed E-state index contributed by atoms with van der Waals surface area (Å²) in [5.41, 5.74) is 1.60. The molecule has 3 N–H and O–H groups in total. The van der Waals surface area contributed by atoms with Gasteiger partial charge in [0.15, 0.2) is 5.75 Å². The van der Waals surface area contributed by atoms with Crippen LogP contribution in [0.25, 0.3) is 0 Å². The zero-order valence-electron chi connectivity index (χ0n) is 11.2. The average Bonchev–Trinajstić information content (AvgIpc) is 2.87. The Kier molecular flexibility index (Phi) is 3.54. The molecule has 0 fully saturated rings. The first kappa shape index (κ1) is 14.8. The molecule has 0 bridgehead atoms. The van der Waals surface area contributed by atoms with Crippen molar-refractivity contribution in [2.24, 2.45) is 0 Å². The van der Waals surface area contributed by atoms with Crippen molar-refractivity contribution < 1.29 is 20.1 Å². The molecule has 0 aliphatic carbocycles. The Labute approximate surface area is 135 Å². The van der Waals surface area contributed by atoms with Crippen LogP contribution < -0.4 is 4.90 Å². The lowest BCUT2D eigenvalue weighted by molar-refractivity contribution is 0.0693. The summed E-state index contributed by atoms with van der Waals surface area (Å²) >= 11 is 11.9. The van der Waals surface area contributed by atoms with Crippen LogP contribution in [-0.4, -0.2) is 21.3 Å². The fourth-order valence-corrected chi connectivity index (χ4v) is 3.07. The summed E-state index contributed by atoms with van der Waals surface area (Å²) in [6.45, 7) is 0.666. The van der Waals surface area contributed by atoms with E-state index in [1.54, 1.807) is 17.0 Å². The number of phenolic OH excluding ortho intramolecular Hbond substituents is 1. The maximum Gasteiger partial charge on any atom is 0.339 e. The van der Waals surface area contributed by atoms with E-state index < -0.39 is 5.97 Å². The number of phenols is 2. The van der Waals surface area contributed by atoms with Gasteiger partial charge in [-0.15, -0.1) is 0 Å². The van der Waals surface area contributed by atoms with Crippen LogP contribution in [0.5, 0.6) is 11.5 Å². The SMILES string of the molecule is O=C(O)c1ccc2c(c1O)CN(c1cc(Cl)cc(Cl)c1O)C2. The highest BCUT2D eigenvalue weighted by Gasteiger charge is 2.27. The molecule has 1 heterocycles. The second kappa shape index (κ2) is 5.26. The molecule has 0 atom stereocenters. The number of carboxylic acids is 1. The second-order valence-electron chi connectivity index (χ2n) is 5.02. The van der Waals surface area contributed by atoms with E-state index in [2.05, 4.69) is 0 Å². The Morgan fingerprint density at radius 3 is 2.50 bits per heavy atom. The molecule has 0 saturated carbocycles. The number of fused-ring (bicyclic) bond motifs is 1. The van der Waals surface area contributed by atoms with E-state index in [1.807, 2.05) is 0 Å². The van der Waals surface area contributed by atoms with Crippen molar-refractivity contribution >= 4 is 34.9 Å². The van der Waals surface area contributed by atoms with Gasteiger partial charge in [0.05, 0.1) is 10.7 Å². The molecule has 0 spiro atoms. The number of rotatable bonds is 2. The smallest absolute Gasteiger partial charge is 0.339 e. The van der Waals surface area contributed by atoms with Crippen molar-refractivity contribution in [3.8, 4) is 11.5 Å². The van der Waals surface area contributed by atoms with Crippen LogP contribution >= 0.6 is 23.2 Å². The molecule has 0 aromatic heterocycles. The van der Waals surface area contributed by atoms with E-state index in [-0.39, 0.29) is 28.6 Å². The molecule has 7 heteroatoms. The normalized spacial score (nSPS) is 13.3. The fourth-order valence-electron chi connectivity index (χ4n) is 2.59. The highest BCUT2D eigenvalue weighted by molar-refractivity contribution is 6.36. The number of nitrogens with zero attached hydrogens (tertiary/aromatic N) is 1. The molecule has 0 unspecified atom stereocenters. The minimum Gasteiger partial charge on any atom is -0.507 e. The average molecular weight is 340 g/mol. The predicted octanol–water partition coefficient (Wildman–Crippen LogP) is 3.62. The topological polar surface area (TPSA) is 81.0 Å². The zero-order chi connectivity index (χ0) is 16.0. The molecule has 5 nitrogen and oxygen atoms in total. The molecule has 2 aromatic rings. The van der Waals surface area contributed by atoms with E-state index in [0.29, 0.717) is 22.8 Å². The molecule has 3 rings (SSSR count). The summed E-state index contributed by atoms with van der Waals surface area (Å²) in [4.78, 5) is 12.8. The van der Waals surface area contributed by atoms with Gasteiger partial charge in [-0.1, -0.05) is 29.3 Å². The van der Waals surface area contributed by atoms with Gasteiger partial charge in [-0.2, -0.15) is 0 Å². The largest absolute Gasteiger partial charge is 0.507 e. The number of anilines is 1. The number of hydrogen-bond acceptors (Lipinski definition) is 4. The van der Waals surface area contributed by atoms with Crippen LogP contribution in [0.15, 0.2) is 24.3 Å².